The Morgan fingerprint density at radius 1 is 0.889 bits per heavy atom. The summed E-state index contributed by atoms with van der Waals surface area (Å²) in [5, 5.41) is 0. The van der Waals surface area contributed by atoms with E-state index < -0.39 is 0 Å². The average molecular weight is 248 g/mol. The molecule has 102 valence electrons. The number of hydrogen-bond donors (Lipinski definition) is 0. The zero-order valence-corrected chi connectivity index (χ0v) is 13.1. The number of allylic oxidation sites excluding steroid dienone is 2. The van der Waals surface area contributed by atoms with Crippen LogP contribution >= 0.6 is 0 Å². The molecule has 0 N–H and O–H groups in total. The normalized spacial score (nSPS) is 38.6. The molecule has 3 atom stereocenters. The first-order chi connectivity index (χ1) is 8.10. The van der Waals surface area contributed by atoms with Gasteiger partial charge in [0.05, 0.1) is 0 Å². The maximum atomic E-state index is 12.5. The van der Waals surface area contributed by atoms with E-state index >= 15 is 0 Å². The first-order valence-electron chi connectivity index (χ1n) is 7.37. The van der Waals surface area contributed by atoms with Gasteiger partial charge in [-0.1, -0.05) is 54.0 Å². The average Bonchev–Trinajstić information content (AvgIpc) is 2.23. The van der Waals surface area contributed by atoms with Gasteiger partial charge in [-0.25, -0.2) is 0 Å². The Balaban J connectivity index is 2.66. The van der Waals surface area contributed by atoms with E-state index in [2.05, 4.69) is 48.5 Å². The van der Waals surface area contributed by atoms with Crippen LogP contribution in [0.25, 0.3) is 0 Å². The van der Waals surface area contributed by atoms with Crippen molar-refractivity contribution in [2.24, 2.45) is 28.6 Å². The van der Waals surface area contributed by atoms with Crippen LogP contribution in [0.4, 0.5) is 0 Å². The molecule has 0 aliphatic heterocycles. The van der Waals surface area contributed by atoms with Gasteiger partial charge in [-0.15, -0.1) is 0 Å². The van der Waals surface area contributed by atoms with Gasteiger partial charge in [-0.2, -0.15) is 0 Å². The van der Waals surface area contributed by atoms with Crippen molar-refractivity contribution in [3.05, 3.63) is 11.1 Å². The van der Waals surface area contributed by atoms with Crippen molar-refractivity contribution in [1.29, 1.82) is 0 Å². The Bertz CT molecular complexity index is 411. The van der Waals surface area contributed by atoms with Crippen LogP contribution in [0.2, 0.25) is 0 Å². The van der Waals surface area contributed by atoms with Crippen molar-refractivity contribution in [2.45, 2.75) is 61.3 Å². The maximum Gasteiger partial charge on any atom is 0.159 e. The van der Waals surface area contributed by atoms with Crippen LogP contribution in [-0.4, -0.2) is 5.78 Å². The number of Topliss-reactive ketones (excluding diaryl/α,β-unsaturated/α-hetero) is 1. The van der Waals surface area contributed by atoms with Gasteiger partial charge in [0.25, 0.3) is 0 Å². The van der Waals surface area contributed by atoms with E-state index in [-0.39, 0.29) is 10.8 Å². The van der Waals surface area contributed by atoms with E-state index in [0.717, 1.165) is 12.8 Å². The van der Waals surface area contributed by atoms with E-state index in [4.69, 9.17) is 0 Å². The summed E-state index contributed by atoms with van der Waals surface area (Å²) in [6.07, 6.45) is 1.87. The van der Waals surface area contributed by atoms with Crippen LogP contribution in [0.5, 0.6) is 0 Å². The molecule has 2 rings (SSSR count). The van der Waals surface area contributed by atoms with Gasteiger partial charge in [0.15, 0.2) is 5.78 Å². The summed E-state index contributed by atoms with van der Waals surface area (Å²) in [5.41, 5.74) is 2.86. The lowest BCUT2D eigenvalue weighted by atomic mass is 9.50. The minimum Gasteiger partial charge on any atom is -0.295 e. The first kappa shape index (κ1) is 13.8. The van der Waals surface area contributed by atoms with Gasteiger partial charge in [0.2, 0.25) is 0 Å². The van der Waals surface area contributed by atoms with Crippen LogP contribution in [-0.2, 0) is 4.79 Å². The van der Waals surface area contributed by atoms with Gasteiger partial charge in [0.1, 0.15) is 0 Å². The number of carbonyl (C=O) groups excluding carboxylic acids is 1. The summed E-state index contributed by atoms with van der Waals surface area (Å²) in [4.78, 5) is 12.5. The van der Waals surface area contributed by atoms with Gasteiger partial charge in [-0.3, -0.25) is 4.79 Å². The lowest BCUT2D eigenvalue weighted by molar-refractivity contribution is -0.119. The molecule has 0 aromatic heterocycles. The zero-order chi connectivity index (χ0) is 13.9. The number of carbonyl (C=O) groups is 1. The molecule has 0 spiro atoms. The smallest absolute Gasteiger partial charge is 0.159 e. The van der Waals surface area contributed by atoms with Crippen molar-refractivity contribution >= 4 is 5.78 Å². The highest BCUT2D eigenvalue weighted by Crippen LogP contribution is 2.58. The number of hydrogen-bond acceptors (Lipinski definition) is 1. The highest BCUT2D eigenvalue weighted by molar-refractivity contribution is 5.98. The molecule has 2 aliphatic carbocycles. The Kier molecular flexibility index (Phi) is 3.04. The zero-order valence-electron chi connectivity index (χ0n) is 13.1. The number of ketones is 1. The lowest BCUT2D eigenvalue weighted by Gasteiger charge is -2.54. The summed E-state index contributed by atoms with van der Waals surface area (Å²) < 4.78 is 0. The molecule has 0 aromatic carbocycles. The molecule has 0 bridgehead atoms. The fourth-order valence-electron chi connectivity index (χ4n) is 4.20. The van der Waals surface area contributed by atoms with Crippen molar-refractivity contribution in [1.82, 2.24) is 0 Å². The maximum absolute atomic E-state index is 12.5. The molecule has 0 fully saturated rings. The second kappa shape index (κ2) is 3.95. The van der Waals surface area contributed by atoms with E-state index in [1.807, 2.05) is 0 Å². The monoisotopic (exact) mass is 248 g/mol. The molecule has 1 unspecified atom stereocenters. The van der Waals surface area contributed by atoms with E-state index in [1.54, 1.807) is 0 Å². The van der Waals surface area contributed by atoms with Crippen LogP contribution in [0, 0.1) is 28.6 Å². The van der Waals surface area contributed by atoms with E-state index in [0.29, 0.717) is 23.5 Å². The second-order valence-electron chi connectivity index (χ2n) is 7.81. The van der Waals surface area contributed by atoms with Crippen LogP contribution in [0.1, 0.15) is 61.3 Å². The van der Waals surface area contributed by atoms with Crippen LogP contribution in [0.3, 0.4) is 0 Å². The summed E-state index contributed by atoms with van der Waals surface area (Å²) in [7, 11) is 0. The number of rotatable bonds is 0. The molecule has 0 radical (unpaired) electrons. The third-order valence-electron chi connectivity index (χ3n) is 6.12. The summed E-state index contributed by atoms with van der Waals surface area (Å²) in [5.74, 6) is 2.13. The fourth-order valence-corrected chi connectivity index (χ4v) is 4.20. The molecule has 0 saturated carbocycles. The van der Waals surface area contributed by atoms with Crippen molar-refractivity contribution in [3.63, 3.8) is 0 Å². The van der Waals surface area contributed by atoms with Gasteiger partial charge in [-0.05, 0) is 35.0 Å². The van der Waals surface area contributed by atoms with Crippen molar-refractivity contribution < 1.29 is 4.79 Å². The summed E-state index contributed by atoms with van der Waals surface area (Å²) in [6, 6.07) is 0. The summed E-state index contributed by atoms with van der Waals surface area (Å²) in [6.45, 7) is 16.1. The Morgan fingerprint density at radius 2 is 1.39 bits per heavy atom. The predicted molar refractivity (Wildman–Crippen MR) is 76.3 cm³/mol. The molecule has 0 amide bonds. The third-order valence-corrected chi connectivity index (χ3v) is 6.12. The fraction of sp³-hybridized carbons (Fsp3) is 0.824. The molecular formula is C17H28O. The summed E-state index contributed by atoms with van der Waals surface area (Å²) >= 11 is 0. The predicted octanol–water partition coefficient (Wildman–Crippen LogP) is 4.62. The minimum atomic E-state index is 0.0431. The standard InChI is InChI=1S/C17H28O/c1-10-8-13-15(14(18)9-10)17(6,7)12(3)11(2)16(13,4)5/h10-12H,8-9H2,1-7H3/t10?,11-,12-/m1/s1. The Hall–Kier alpha value is -0.590. The molecule has 1 nitrogen and oxygen atoms in total. The van der Waals surface area contributed by atoms with E-state index in [9.17, 15) is 4.79 Å². The topological polar surface area (TPSA) is 17.1 Å². The van der Waals surface area contributed by atoms with Gasteiger partial charge < -0.3 is 0 Å². The lowest BCUT2D eigenvalue weighted by Crippen LogP contribution is -2.47. The molecule has 0 heterocycles. The molecular weight excluding hydrogens is 220 g/mol. The van der Waals surface area contributed by atoms with Gasteiger partial charge >= 0.3 is 0 Å². The van der Waals surface area contributed by atoms with Crippen LogP contribution < -0.4 is 0 Å². The second-order valence-corrected chi connectivity index (χ2v) is 7.81. The largest absolute Gasteiger partial charge is 0.295 e. The van der Waals surface area contributed by atoms with Crippen molar-refractivity contribution in [2.75, 3.05) is 0 Å². The van der Waals surface area contributed by atoms with Gasteiger partial charge in [0, 0.05) is 12.0 Å². The molecule has 0 saturated heterocycles. The molecule has 2 aliphatic rings. The van der Waals surface area contributed by atoms with Crippen LogP contribution in [0.15, 0.2) is 11.1 Å². The minimum absolute atomic E-state index is 0.0431. The SMILES string of the molecule is CC1CC(=O)C2=C(C1)C(C)(C)[C@H](C)[C@@H](C)C2(C)C. The van der Waals surface area contributed by atoms with E-state index in [1.165, 1.54) is 11.1 Å². The molecule has 18 heavy (non-hydrogen) atoms. The Morgan fingerprint density at radius 3 is 1.94 bits per heavy atom. The highest BCUT2D eigenvalue weighted by atomic mass is 16.1. The molecule has 0 aromatic rings. The molecule has 1 heteroatoms. The third kappa shape index (κ3) is 1.70. The Labute approximate surface area is 112 Å². The first-order valence-corrected chi connectivity index (χ1v) is 7.37. The van der Waals surface area contributed by atoms with Crippen molar-refractivity contribution in [3.8, 4) is 0 Å². The quantitative estimate of drug-likeness (QED) is 0.611. The highest BCUT2D eigenvalue weighted by Gasteiger charge is 2.51.